The Bertz CT molecular complexity index is 272. The number of carbonyl (C=O) groups excluding carboxylic acids is 1. The lowest BCUT2D eigenvalue weighted by molar-refractivity contribution is -0.130. The first-order chi connectivity index (χ1) is 8.14. The Morgan fingerprint density at radius 3 is 1.78 bits per heavy atom. The van der Waals surface area contributed by atoms with Crippen molar-refractivity contribution in [2.75, 3.05) is 6.54 Å². The van der Waals surface area contributed by atoms with E-state index in [1.54, 1.807) is 0 Å². The Balaban J connectivity index is 4.68. The number of hydrogen-bond donors (Lipinski definition) is 1. The third kappa shape index (κ3) is 3.81. The van der Waals surface area contributed by atoms with E-state index in [1.165, 1.54) is 0 Å². The second-order valence-electron chi connectivity index (χ2n) is 6.63. The second-order valence-corrected chi connectivity index (χ2v) is 6.63. The maximum atomic E-state index is 12.5. The lowest BCUT2D eigenvalue weighted by Gasteiger charge is -2.37. The molecule has 0 aromatic heterocycles. The molecule has 0 radical (unpaired) electrons. The number of nitrogens with one attached hydrogen (secondary N) is 1. The molecule has 0 aliphatic rings. The predicted octanol–water partition coefficient (Wildman–Crippen LogP) is 4.04. The van der Waals surface area contributed by atoms with Crippen molar-refractivity contribution in [2.24, 2.45) is 17.3 Å². The van der Waals surface area contributed by atoms with Gasteiger partial charge in [0.1, 0.15) is 0 Å². The van der Waals surface area contributed by atoms with Crippen LogP contribution in [0.15, 0.2) is 0 Å². The van der Waals surface area contributed by atoms with Crippen LogP contribution in [0.5, 0.6) is 0 Å². The van der Waals surface area contributed by atoms with Crippen molar-refractivity contribution >= 4 is 5.78 Å². The summed E-state index contributed by atoms with van der Waals surface area (Å²) >= 11 is 0. The number of rotatable bonds is 8. The van der Waals surface area contributed by atoms with Crippen LogP contribution >= 0.6 is 0 Å². The zero-order valence-electron chi connectivity index (χ0n) is 13.7. The van der Waals surface area contributed by atoms with Crippen LogP contribution < -0.4 is 5.32 Å². The van der Waals surface area contributed by atoms with E-state index in [1.807, 2.05) is 0 Å². The Labute approximate surface area is 114 Å². The molecule has 2 heteroatoms. The van der Waals surface area contributed by atoms with Gasteiger partial charge in [0.05, 0.1) is 6.54 Å². The van der Waals surface area contributed by atoms with Crippen molar-refractivity contribution < 1.29 is 4.79 Å². The molecule has 0 fully saturated rings. The topological polar surface area (TPSA) is 29.1 Å². The second kappa shape index (κ2) is 6.70. The van der Waals surface area contributed by atoms with Gasteiger partial charge >= 0.3 is 0 Å². The molecule has 0 heterocycles. The first-order valence-corrected chi connectivity index (χ1v) is 7.42. The fraction of sp³-hybridized carbons (Fsp3) is 0.938. The van der Waals surface area contributed by atoms with Gasteiger partial charge < -0.3 is 5.32 Å². The van der Waals surface area contributed by atoms with Gasteiger partial charge in [0.15, 0.2) is 5.78 Å². The molecule has 0 aliphatic heterocycles. The average Bonchev–Trinajstić information content (AvgIpc) is 2.33. The van der Waals surface area contributed by atoms with Crippen LogP contribution in [0.3, 0.4) is 0 Å². The van der Waals surface area contributed by atoms with Crippen LogP contribution in [0.25, 0.3) is 0 Å². The number of hydrogen-bond acceptors (Lipinski definition) is 2. The Kier molecular flexibility index (Phi) is 6.56. The molecule has 1 N–H and O–H groups in total. The smallest absolute Gasteiger partial charge is 0.152 e. The lowest BCUT2D eigenvalue weighted by Crippen LogP contribution is -2.51. The van der Waals surface area contributed by atoms with Gasteiger partial charge in [0, 0.05) is 11.0 Å². The van der Waals surface area contributed by atoms with Gasteiger partial charge in [-0.1, -0.05) is 48.5 Å². The molecule has 0 aliphatic carbocycles. The van der Waals surface area contributed by atoms with Crippen LogP contribution in [0.2, 0.25) is 0 Å². The maximum Gasteiger partial charge on any atom is 0.152 e. The lowest BCUT2D eigenvalue weighted by atomic mass is 9.73. The van der Waals surface area contributed by atoms with Crippen LogP contribution in [-0.4, -0.2) is 17.9 Å². The third-order valence-electron chi connectivity index (χ3n) is 5.31. The fourth-order valence-electron chi connectivity index (χ4n) is 2.15. The standard InChI is InChI=1S/C16H33NO/c1-9-15(7,12(3)4)14(18)11-17-16(8,10-2)13(5)6/h12-13,17H,9-11H2,1-8H3. The van der Waals surface area contributed by atoms with Crippen LogP contribution in [0, 0.1) is 17.3 Å². The molecular weight excluding hydrogens is 222 g/mol. The van der Waals surface area contributed by atoms with E-state index in [-0.39, 0.29) is 11.0 Å². The molecule has 2 unspecified atom stereocenters. The molecular formula is C16H33NO. The zero-order valence-corrected chi connectivity index (χ0v) is 13.7. The molecule has 0 aromatic carbocycles. The van der Waals surface area contributed by atoms with Gasteiger partial charge in [-0.2, -0.15) is 0 Å². The largest absolute Gasteiger partial charge is 0.304 e. The fourth-order valence-corrected chi connectivity index (χ4v) is 2.15. The third-order valence-corrected chi connectivity index (χ3v) is 5.31. The Morgan fingerprint density at radius 2 is 1.50 bits per heavy atom. The van der Waals surface area contributed by atoms with E-state index in [0.29, 0.717) is 24.2 Å². The summed E-state index contributed by atoms with van der Waals surface area (Å²) < 4.78 is 0. The minimum Gasteiger partial charge on any atom is -0.304 e. The summed E-state index contributed by atoms with van der Waals surface area (Å²) in [5, 5.41) is 3.49. The molecule has 108 valence electrons. The van der Waals surface area contributed by atoms with E-state index in [0.717, 1.165) is 12.8 Å². The molecule has 18 heavy (non-hydrogen) atoms. The average molecular weight is 255 g/mol. The minimum absolute atomic E-state index is 0.0568. The van der Waals surface area contributed by atoms with Gasteiger partial charge in [-0.05, 0) is 31.6 Å². The molecule has 0 bridgehead atoms. The van der Waals surface area contributed by atoms with Gasteiger partial charge in [-0.3, -0.25) is 4.79 Å². The van der Waals surface area contributed by atoms with Gasteiger partial charge in [-0.15, -0.1) is 0 Å². The van der Waals surface area contributed by atoms with Gasteiger partial charge in [0.2, 0.25) is 0 Å². The van der Waals surface area contributed by atoms with Crippen molar-refractivity contribution in [1.29, 1.82) is 0 Å². The van der Waals surface area contributed by atoms with Crippen LogP contribution in [0.1, 0.15) is 68.2 Å². The first-order valence-electron chi connectivity index (χ1n) is 7.42. The monoisotopic (exact) mass is 255 g/mol. The summed E-state index contributed by atoms with van der Waals surface area (Å²) in [5.74, 6) is 1.27. The quantitative estimate of drug-likeness (QED) is 0.709. The van der Waals surface area contributed by atoms with Crippen molar-refractivity contribution in [3.8, 4) is 0 Å². The van der Waals surface area contributed by atoms with E-state index in [9.17, 15) is 4.79 Å². The molecule has 0 spiro atoms. The molecule has 2 nitrogen and oxygen atoms in total. The molecule has 0 aromatic rings. The summed E-state index contributed by atoms with van der Waals surface area (Å²) in [6, 6.07) is 0. The Morgan fingerprint density at radius 1 is 1.00 bits per heavy atom. The molecule has 0 rings (SSSR count). The zero-order chi connectivity index (χ0) is 14.6. The van der Waals surface area contributed by atoms with Crippen molar-refractivity contribution in [1.82, 2.24) is 5.32 Å². The summed E-state index contributed by atoms with van der Waals surface area (Å²) in [6.07, 6.45) is 1.96. The highest BCUT2D eigenvalue weighted by atomic mass is 16.1. The number of ketones is 1. The number of carbonyl (C=O) groups is 1. The SMILES string of the molecule is CCC(C)(NCC(=O)C(C)(CC)C(C)C)C(C)C. The minimum atomic E-state index is -0.196. The molecule has 0 saturated carbocycles. The maximum absolute atomic E-state index is 12.5. The van der Waals surface area contributed by atoms with Crippen molar-refractivity contribution in [3.63, 3.8) is 0 Å². The van der Waals surface area contributed by atoms with Gasteiger partial charge in [0.25, 0.3) is 0 Å². The van der Waals surface area contributed by atoms with Crippen LogP contribution in [-0.2, 0) is 4.79 Å². The predicted molar refractivity (Wildman–Crippen MR) is 79.8 cm³/mol. The Hall–Kier alpha value is -0.370. The highest BCUT2D eigenvalue weighted by Crippen LogP contribution is 2.32. The highest BCUT2D eigenvalue weighted by molar-refractivity contribution is 5.86. The van der Waals surface area contributed by atoms with E-state index < -0.39 is 0 Å². The van der Waals surface area contributed by atoms with Crippen molar-refractivity contribution in [3.05, 3.63) is 0 Å². The van der Waals surface area contributed by atoms with E-state index in [2.05, 4.69) is 60.7 Å². The number of Topliss-reactive ketones (excluding diaryl/α,β-unsaturated/α-hetero) is 1. The summed E-state index contributed by atoms with van der Waals surface area (Å²) in [6.45, 7) is 17.8. The molecule has 0 saturated heterocycles. The van der Waals surface area contributed by atoms with Gasteiger partial charge in [-0.25, -0.2) is 0 Å². The first kappa shape index (κ1) is 17.6. The summed E-state index contributed by atoms with van der Waals surface area (Å²) in [5.41, 5.74) is -0.139. The van der Waals surface area contributed by atoms with Crippen LogP contribution in [0.4, 0.5) is 0 Å². The van der Waals surface area contributed by atoms with Crippen molar-refractivity contribution in [2.45, 2.75) is 73.8 Å². The molecule has 2 atom stereocenters. The normalized spacial score (nSPS) is 18.8. The summed E-state index contributed by atoms with van der Waals surface area (Å²) in [4.78, 5) is 12.5. The summed E-state index contributed by atoms with van der Waals surface area (Å²) in [7, 11) is 0. The molecule has 0 amide bonds. The van der Waals surface area contributed by atoms with E-state index in [4.69, 9.17) is 0 Å². The highest BCUT2D eigenvalue weighted by Gasteiger charge is 2.35. The van der Waals surface area contributed by atoms with E-state index >= 15 is 0 Å².